The molecule has 3 aromatic rings. The molecular weight excluding hydrogens is 330 g/mol. The van der Waals surface area contributed by atoms with E-state index >= 15 is 0 Å². The van der Waals surface area contributed by atoms with Gasteiger partial charge in [0.05, 0.1) is 23.2 Å². The molecule has 6 nitrogen and oxygen atoms in total. The number of benzene rings is 2. The van der Waals surface area contributed by atoms with Gasteiger partial charge in [0.2, 0.25) is 0 Å². The Labute approximate surface area is 151 Å². The summed E-state index contributed by atoms with van der Waals surface area (Å²) < 4.78 is 7.05. The monoisotopic (exact) mass is 351 g/mol. The molecule has 0 unspecified atom stereocenters. The van der Waals surface area contributed by atoms with E-state index < -0.39 is 0 Å². The lowest BCUT2D eigenvalue weighted by Crippen LogP contribution is -2.12. The maximum Gasteiger partial charge on any atom is 0.338 e. The fourth-order valence-electron chi connectivity index (χ4n) is 2.90. The van der Waals surface area contributed by atoms with Crippen molar-refractivity contribution in [2.45, 2.75) is 27.3 Å². The first kappa shape index (κ1) is 17.7. The fraction of sp³-hybridized carbons (Fsp3) is 0.250. The van der Waals surface area contributed by atoms with Crippen LogP contribution in [0.4, 0.5) is 5.69 Å². The van der Waals surface area contributed by atoms with Gasteiger partial charge in [-0.1, -0.05) is 0 Å². The molecule has 0 aliphatic rings. The Morgan fingerprint density at radius 1 is 1.08 bits per heavy atom. The van der Waals surface area contributed by atoms with Crippen LogP contribution in [-0.2, 0) is 11.3 Å². The molecule has 3 rings (SSSR count). The van der Waals surface area contributed by atoms with Gasteiger partial charge >= 0.3 is 5.97 Å². The molecule has 0 saturated heterocycles. The van der Waals surface area contributed by atoms with Crippen molar-refractivity contribution in [3.05, 3.63) is 59.4 Å². The number of esters is 1. The Balaban J connectivity index is 1.77. The lowest BCUT2D eigenvalue weighted by molar-refractivity contribution is 0.0526. The number of carbonyl (C=O) groups is 2. The molecule has 26 heavy (non-hydrogen) atoms. The van der Waals surface area contributed by atoms with E-state index in [0.717, 1.165) is 23.4 Å². The molecule has 6 heteroatoms. The van der Waals surface area contributed by atoms with Crippen molar-refractivity contribution in [3.63, 3.8) is 0 Å². The number of anilines is 1. The van der Waals surface area contributed by atoms with Gasteiger partial charge in [0.1, 0.15) is 5.82 Å². The number of hydrogen-bond acceptors (Lipinski definition) is 4. The van der Waals surface area contributed by atoms with Gasteiger partial charge in [0.25, 0.3) is 5.91 Å². The van der Waals surface area contributed by atoms with Crippen LogP contribution in [0.5, 0.6) is 0 Å². The number of fused-ring (bicyclic) bond motifs is 1. The number of nitrogens with one attached hydrogen (secondary N) is 1. The highest BCUT2D eigenvalue weighted by Crippen LogP contribution is 2.19. The Morgan fingerprint density at radius 2 is 1.77 bits per heavy atom. The third kappa shape index (κ3) is 3.44. The van der Waals surface area contributed by atoms with Crippen LogP contribution in [-0.4, -0.2) is 28.0 Å². The van der Waals surface area contributed by atoms with Crippen LogP contribution in [0, 0.1) is 6.92 Å². The summed E-state index contributed by atoms with van der Waals surface area (Å²) in [5.41, 5.74) is 3.41. The summed E-state index contributed by atoms with van der Waals surface area (Å²) in [6.45, 7) is 6.94. The summed E-state index contributed by atoms with van der Waals surface area (Å²) in [5.74, 6) is 0.326. The van der Waals surface area contributed by atoms with Crippen LogP contribution in [0.2, 0.25) is 0 Å². The van der Waals surface area contributed by atoms with Crippen molar-refractivity contribution < 1.29 is 14.3 Å². The molecule has 134 valence electrons. The van der Waals surface area contributed by atoms with Crippen molar-refractivity contribution in [2.24, 2.45) is 0 Å². The number of imidazole rings is 1. The molecule has 0 spiro atoms. The number of aryl methyl sites for hydroxylation is 2. The van der Waals surface area contributed by atoms with Gasteiger partial charge in [0.15, 0.2) is 0 Å². The van der Waals surface area contributed by atoms with Gasteiger partial charge < -0.3 is 14.6 Å². The van der Waals surface area contributed by atoms with E-state index in [1.165, 1.54) is 0 Å². The van der Waals surface area contributed by atoms with Crippen molar-refractivity contribution in [2.75, 3.05) is 11.9 Å². The molecular formula is C20H21N3O3. The van der Waals surface area contributed by atoms with E-state index in [0.29, 0.717) is 23.4 Å². The van der Waals surface area contributed by atoms with Crippen LogP contribution in [0.1, 0.15) is 40.4 Å². The third-order valence-corrected chi connectivity index (χ3v) is 4.17. The molecule has 0 aliphatic carbocycles. The van der Waals surface area contributed by atoms with Gasteiger partial charge in [-0.3, -0.25) is 4.79 Å². The van der Waals surface area contributed by atoms with Crippen LogP contribution in [0.3, 0.4) is 0 Å². The predicted molar refractivity (Wildman–Crippen MR) is 100 cm³/mol. The molecule has 0 bridgehead atoms. The molecule has 1 heterocycles. The summed E-state index contributed by atoms with van der Waals surface area (Å²) in [4.78, 5) is 28.7. The highest BCUT2D eigenvalue weighted by molar-refractivity contribution is 6.06. The maximum absolute atomic E-state index is 12.5. The van der Waals surface area contributed by atoms with Crippen LogP contribution >= 0.6 is 0 Å². The van der Waals surface area contributed by atoms with Crippen molar-refractivity contribution in [1.29, 1.82) is 0 Å². The summed E-state index contributed by atoms with van der Waals surface area (Å²) in [6, 6.07) is 12.1. The van der Waals surface area contributed by atoms with E-state index in [1.54, 1.807) is 43.3 Å². The SMILES string of the molecule is CCOC(=O)c1ccc(NC(=O)c2ccc3c(c2)nc(C)n3CC)cc1. The van der Waals surface area contributed by atoms with Gasteiger partial charge in [0, 0.05) is 17.8 Å². The number of ether oxygens (including phenoxy) is 1. The van der Waals surface area contributed by atoms with E-state index in [9.17, 15) is 9.59 Å². The molecule has 0 saturated carbocycles. The summed E-state index contributed by atoms with van der Waals surface area (Å²) in [6.07, 6.45) is 0. The zero-order chi connectivity index (χ0) is 18.7. The molecule has 1 aromatic heterocycles. The van der Waals surface area contributed by atoms with E-state index in [2.05, 4.69) is 21.8 Å². The smallest absolute Gasteiger partial charge is 0.338 e. The quantitative estimate of drug-likeness (QED) is 0.710. The maximum atomic E-state index is 12.5. The predicted octanol–water partition coefficient (Wildman–Crippen LogP) is 3.79. The number of rotatable bonds is 5. The Hall–Kier alpha value is -3.15. The molecule has 1 N–H and O–H groups in total. The Kier molecular flexibility index (Phi) is 5.02. The summed E-state index contributed by atoms with van der Waals surface area (Å²) in [5, 5.41) is 2.83. The average Bonchev–Trinajstić information content (AvgIpc) is 2.96. The van der Waals surface area contributed by atoms with Crippen molar-refractivity contribution in [3.8, 4) is 0 Å². The lowest BCUT2D eigenvalue weighted by Gasteiger charge is -2.07. The first-order chi connectivity index (χ1) is 12.5. The second-order valence-corrected chi connectivity index (χ2v) is 5.86. The zero-order valence-corrected chi connectivity index (χ0v) is 15.1. The molecule has 0 fully saturated rings. The molecule has 0 atom stereocenters. The molecule has 0 radical (unpaired) electrons. The standard InChI is InChI=1S/C20H21N3O3/c1-4-23-13(3)21-17-12-15(8-11-18(17)23)19(24)22-16-9-6-14(7-10-16)20(25)26-5-2/h6-12H,4-5H2,1-3H3,(H,22,24). The van der Waals surface area contributed by atoms with E-state index in [1.807, 2.05) is 13.0 Å². The van der Waals surface area contributed by atoms with Crippen LogP contribution in [0.25, 0.3) is 11.0 Å². The highest BCUT2D eigenvalue weighted by Gasteiger charge is 2.12. The van der Waals surface area contributed by atoms with Gasteiger partial charge in [-0.05, 0) is 63.2 Å². The first-order valence-electron chi connectivity index (χ1n) is 8.59. The largest absolute Gasteiger partial charge is 0.462 e. The topological polar surface area (TPSA) is 73.2 Å². The summed E-state index contributed by atoms with van der Waals surface area (Å²) in [7, 11) is 0. The molecule has 1 amide bonds. The Bertz CT molecular complexity index is 958. The number of amides is 1. The molecule has 0 aliphatic heterocycles. The van der Waals surface area contributed by atoms with E-state index in [-0.39, 0.29) is 11.9 Å². The fourth-order valence-corrected chi connectivity index (χ4v) is 2.90. The third-order valence-electron chi connectivity index (χ3n) is 4.17. The minimum Gasteiger partial charge on any atom is -0.462 e. The van der Waals surface area contributed by atoms with Gasteiger partial charge in [-0.2, -0.15) is 0 Å². The highest BCUT2D eigenvalue weighted by atomic mass is 16.5. The van der Waals surface area contributed by atoms with Crippen molar-refractivity contribution >= 4 is 28.6 Å². The number of aromatic nitrogens is 2. The Morgan fingerprint density at radius 3 is 2.42 bits per heavy atom. The number of carbonyl (C=O) groups excluding carboxylic acids is 2. The first-order valence-corrected chi connectivity index (χ1v) is 8.59. The minimum atomic E-state index is -0.377. The van der Waals surface area contributed by atoms with E-state index in [4.69, 9.17) is 4.74 Å². The second-order valence-electron chi connectivity index (χ2n) is 5.86. The van der Waals surface area contributed by atoms with Crippen LogP contribution < -0.4 is 5.32 Å². The van der Waals surface area contributed by atoms with Gasteiger partial charge in [-0.15, -0.1) is 0 Å². The minimum absolute atomic E-state index is 0.223. The van der Waals surface area contributed by atoms with Gasteiger partial charge in [-0.25, -0.2) is 9.78 Å². The summed E-state index contributed by atoms with van der Waals surface area (Å²) >= 11 is 0. The number of nitrogens with zero attached hydrogens (tertiary/aromatic N) is 2. The average molecular weight is 351 g/mol. The normalized spacial score (nSPS) is 10.7. The second kappa shape index (κ2) is 7.39. The van der Waals surface area contributed by atoms with Crippen LogP contribution in [0.15, 0.2) is 42.5 Å². The zero-order valence-electron chi connectivity index (χ0n) is 15.1. The number of hydrogen-bond donors (Lipinski definition) is 1. The molecule has 2 aromatic carbocycles. The van der Waals surface area contributed by atoms with Crippen molar-refractivity contribution in [1.82, 2.24) is 9.55 Å². The lowest BCUT2D eigenvalue weighted by atomic mass is 10.1.